The first-order valence-corrected chi connectivity index (χ1v) is 9.85. The topological polar surface area (TPSA) is 3.24 Å². The van der Waals surface area contributed by atoms with E-state index >= 15 is 0 Å². The first kappa shape index (κ1) is 11.4. The van der Waals surface area contributed by atoms with E-state index in [0.29, 0.717) is 0 Å². The normalized spacial score (nSPS) is 33.0. The molecule has 0 aromatic heterocycles. The van der Waals surface area contributed by atoms with Crippen molar-refractivity contribution in [2.75, 3.05) is 6.17 Å². The van der Waals surface area contributed by atoms with Crippen LogP contribution in [0, 0.1) is 5.92 Å². The molecule has 14 heavy (non-hydrogen) atoms. The summed E-state index contributed by atoms with van der Waals surface area (Å²) in [6.07, 6.45) is 6.10. The van der Waals surface area contributed by atoms with Gasteiger partial charge in [-0.25, -0.2) is 3.11 Å². The zero-order valence-electron chi connectivity index (χ0n) is 9.43. The van der Waals surface area contributed by atoms with Crippen LogP contribution in [-0.4, -0.2) is 23.4 Å². The van der Waals surface area contributed by atoms with Crippen LogP contribution in [0.5, 0.6) is 0 Å². The van der Waals surface area contributed by atoms with Crippen molar-refractivity contribution < 1.29 is 0 Å². The van der Waals surface area contributed by atoms with Gasteiger partial charge in [0.2, 0.25) is 0 Å². The lowest BCUT2D eigenvalue weighted by molar-refractivity contribution is 0.376. The fourth-order valence-corrected chi connectivity index (χ4v) is 12.2. The van der Waals surface area contributed by atoms with Gasteiger partial charge in [0.25, 0.3) is 0 Å². The first-order chi connectivity index (χ1) is 6.63. The van der Waals surface area contributed by atoms with Crippen LogP contribution in [0.4, 0.5) is 0 Å². The third-order valence-corrected chi connectivity index (χ3v) is 11.0. The first-order valence-electron chi connectivity index (χ1n) is 6.05. The molecule has 0 saturated carbocycles. The van der Waals surface area contributed by atoms with Gasteiger partial charge in [0, 0.05) is 35.1 Å². The smallest absolute Gasteiger partial charge is 0.0717 e. The molecule has 1 spiro atoms. The predicted octanol–water partition coefficient (Wildman–Crippen LogP) is 3.85. The zero-order valence-corrected chi connectivity index (χ0v) is 12.6. The van der Waals surface area contributed by atoms with Crippen LogP contribution in [0.1, 0.15) is 33.1 Å². The Balaban J connectivity index is 2.03. The maximum absolute atomic E-state index is 2.65. The molecule has 0 N–H and O–H groups in total. The third-order valence-electron chi connectivity index (χ3n) is 4.17. The second kappa shape index (κ2) is 4.42. The molecule has 2 aliphatic heterocycles. The van der Waals surface area contributed by atoms with E-state index in [0.717, 1.165) is 12.0 Å². The number of hydrogen-bond donors (Lipinski definition) is 0. The summed E-state index contributed by atoms with van der Waals surface area (Å²) in [4.78, 5) is 0. The van der Waals surface area contributed by atoms with Gasteiger partial charge in [0.1, 0.15) is 0 Å². The molecule has 0 bridgehead atoms. The summed E-state index contributed by atoms with van der Waals surface area (Å²) in [6.45, 7) is 4.79. The standard InChI is InChI=1S/C11H22INSi/c1-10(2)11-8-14(9-13(11)12)6-4-3-5-7-14/h10-11H,3-9H2,1-2H3/t11-/m1/s1. The second-order valence-corrected chi connectivity index (χ2v) is 11.6. The van der Waals surface area contributed by atoms with E-state index < -0.39 is 8.07 Å². The molecule has 2 heterocycles. The Kier molecular flexibility index (Phi) is 3.59. The van der Waals surface area contributed by atoms with Crippen molar-refractivity contribution in [3.63, 3.8) is 0 Å². The van der Waals surface area contributed by atoms with E-state index in [1.807, 2.05) is 0 Å². The van der Waals surface area contributed by atoms with E-state index in [1.165, 1.54) is 12.6 Å². The fraction of sp³-hybridized carbons (Fsp3) is 1.00. The Labute approximate surface area is 103 Å². The summed E-state index contributed by atoms with van der Waals surface area (Å²) >= 11 is 2.59. The summed E-state index contributed by atoms with van der Waals surface area (Å²) in [5.41, 5.74) is 0. The average molecular weight is 323 g/mol. The van der Waals surface area contributed by atoms with Crippen LogP contribution >= 0.6 is 22.9 Å². The molecule has 1 atom stereocenters. The van der Waals surface area contributed by atoms with Crippen molar-refractivity contribution in [1.29, 1.82) is 0 Å². The molecule has 0 radical (unpaired) electrons. The van der Waals surface area contributed by atoms with E-state index in [1.54, 1.807) is 31.0 Å². The minimum atomic E-state index is -0.790. The average Bonchev–Trinajstić information content (AvgIpc) is 2.44. The maximum Gasteiger partial charge on any atom is 0.0717 e. The van der Waals surface area contributed by atoms with Gasteiger partial charge in [-0.05, 0) is 12.0 Å². The lowest BCUT2D eigenvalue weighted by Crippen LogP contribution is -2.38. The number of halogens is 1. The van der Waals surface area contributed by atoms with Gasteiger partial charge in [-0.3, -0.25) is 0 Å². The summed E-state index contributed by atoms with van der Waals surface area (Å²) in [7, 11) is -0.790. The Morgan fingerprint density at radius 2 is 1.86 bits per heavy atom. The van der Waals surface area contributed by atoms with E-state index in [2.05, 4.69) is 39.8 Å². The minimum Gasteiger partial charge on any atom is -0.247 e. The molecule has 0 unspecified atom stereocenters. The molecule has 3 heteroatoms. The molecule has 0 aromatic rings. The van der Waals surface area contributed by atoms with Gasteiger partial charge in [-0.1, -0.05) is 45.2 Å². The molecular formula is C11H22INSi. The Morgan fingerprint density at radius 3 is 2.36 bits per heavy atom. The highest BCUT2D eigenvalue weighted by Gasteiger charge is 2.45. The number of hydrogen-bond acceptors (Lipinski definition) is 1. The highest BCUT2D eigenvalue weighted by molar-refractivity contribution is 14.1. The Bertz CT molecular complexity index is 201. The molecule has 0 aromatic carbocycles. The molecule has 2 rings (SSSR count). The van der Waals surface area contributed by atoms with E-state index in [9.17, 15) is 0 Å². The van der Waals surface area contributed by atoms with Crippen LogP contribution in [0.25, 0.3) is 0 Å². The van der Waals surface area contributed by atoms with Crippen LogP contribution < -0.4 is 0 Å². The summed E-state index contributed by atoms with van der Waals surface area (Å²) in [6, 6.07) is 5.78. The van der Waals surface area contributed by atoms with Crippen molar-refractivity contribution in [2.45, 2.75) is 57.3 Å². The molecule has 2 fully saturated rings. The Hall–Kier alpha value is 0.907. The summed E-state index contributed by atoms with van der Waals surface area (Å²) in [5.74, 6) is 0.862. The summed E-state index contributed by atoms with van der Waals surface area (Å²) < 4.78 is 2.65. The van der Waals surface area contributed by atoms with Crippen molar-refractivity contribution in [3.8, 4) is 0 Å². The molecule has 82 valence electrons. The molecule has 0 amide bonds. The van der Waals surface area contributed by atoms with Gasteiger partial charge in [-0.15, -0.1) is 0 Å². The van der Waals surface area contributed by atoms with Crippen LogP contribution in [0.2, 0.25) is 18.1 Å². The van der Waals surface area contributed by atoms with Crippen molar-refractivity contribution in [3.05, 3.63) is 0 Å². The van der Waals surface area contributed by atoms with Crippen molar-refractivity contribution >= 4 is 30.9 Å². The highest BCUT2D eigenvalue weighted by atomic mass is 127. The van der Waals surface area contributed by atoms with Crippen LogP contribution in [-0.2, 0) is 0 Å². The molecule has 2 aliphatic rings. The number of rotatable bonds is 1. The van der Waals surface area contributed by atoms with Gasteiger partial charge < -0.3 is 0 Å². The largest absolute Gasteiger partial charge is 0.247 e. The molecular weight excluding hydrogens is 301 g/mol. The molecule has 0 aliphatic carbocycles. The SMILES string of the molecule is CC(C)[C@H]1C[Si]2(CCCCC2)CN1I. The monoisotopic (exact) mass is 323 g/mol. The van der Waals surface area contributed by atoms with E-state index in [-0.39, 0.29) is 0 Å². The molecule has 2 saturated heterocycles. The number of nitrogens with zero attached hydrogens (tertiary/aromatic N) is 1. The third kappa shape index (κ3) is 2.19. The van der Waals surface area contributed by atoms with Gasteiger partial charge in [0.05, 0.1) is 8.07 Å². The van der Waals surface area contributed by atoms with Gasteiger partial charge >= 0.3 is 0 Å². The summed E-state index contributed by atoms with van der Waals surface area (Å²) in [5, 5.41) is 0. The zero-order chi connectivity index (χ0) is 10.2. The quantitative estimate of drug-likeness (QED) is 0.402. The second-order valence-electron chi connectivity index (χ2n) is 5.63. The molecule has 1 nitrogen and oxygen atoms in total. The van der Waals surface area contributed by atoms with Crippen molar-refractivity contribution in [1.82, 2.24) is 3.11 Å². The minimum absolute atomic E-state index is 0.790. The van der Waals surface area contributed by atoms with Gasteiger partial charge in [-0.2, -0.15) is 0 Å². The van der Waals surface area contributed by atoms with E-state index in [4.69, 9.17) is 0 Å². The highest BCUT2D eigenvalue weighted by Crippen LogP contribution is 2.42. The predicted molar refractivity (Wildman–Crippen MR) is 73.4 cm³/mol. The lowest BCUT2D eigenvalue weighted by Gasteiger charge is -2.30. The Morgan fingerprint density at radius 1 is 1.21 bits per heavy atom. The van der Waals surface area contributed by atoms with Crippen molar-refractivity contribution in [2.24, 2.45) is 5.92 Å². The fourth-order valence-electron chi connectivity index (χ4n) is 3.27. The van der Waals surface area contributed by atoms with Crippen LogP contribution in [0.15, 0.2) is 0 Å². The maximum atomic E-state index is 2.65. The lowest BCUT2D eigenvalue weighted by atomic mass is 10.1. The van der Waals surface area contributed by atoms with Crippen LogP contribution in [0.3, 0.4) is 0 Å². The van der Waals surface area contributed by atoms with Gasteiger partial charge in [0.15, 0.2) is 0 Å².